The minimum absolute atomic E-state index is 0. The van der Waals surface area contributed by atoms with E-state index in [-0.39, 0.29) is 28.5 Å². The van der Waals surface area contributed by atoms with E-state index in [1.54, 1.807) is 6.92 Å². The summed E-state index contributed by atoms with van der Waals surface area (Å²) in [6.07, 6.45) is 19.4. The largest absolute Gasteiger partial charge is 0.460 e. The third kappa shape index (κ3) is 20.4. The molecule has 0 fully saturated rings. The number of carbonyl (C=O) groups is 1. The monoisotopic (exact) mass is 461 g/mol. The second-order valence-corrected chi connectivity index (χ2v) is 8.76. The van der Waals surface area contributed by atoms with Crippen molar-refractivity contribution < 1.29 is 9.53 Å². The first kappa shape index (κ1) is 29.8. The van der Waals surface area contributed by atoms with Crippen LogP contribution in [0.2, 0.25) is 0 Å². The molecule has 0 heterocycles. The third-order valence-electron chi connectivity index (χ3n) is 5.05. The van der Waals surface area contributed by atoms with Gasteiger partial charge in [0.15, 0.2) is 0 Å². The second kappa shape index (κ2) is 19.9. The molecule has 0 spiro atoms. The Morgan fingerprint density at radius 1 is 0.821 bits per heavy atom. The molecule has 0 aromatic heterocycles. The van der Waals surface area contributed by atoms with E-state index in [4.69, 9.17) is 4.74 Å². The predicted octanol–water partition coefficient (Wildman–Crippen LogP) is 7.53. The highest BCUT2D eigenvalue weighted by atomic mass is 79.9. The molecule has 4 heteroatoms. The van der Waals surface area contributed by atoms with E-state index < -0.39 is 0 Å². The Hall–Kier alpha value is -0.350. The lowest BCUT2D eigenvalue weighted by molar-refractivity contribution is -0.140. The smallest absolute Gasteiger partial charge is 0.333 e. The van der Waals surface area contributed by atoms with Crippen molar-refractivity contribution in [2.45, 2.75) is 123 Å². The minimum atomic E-state index is -0.304. The molecule has 0 unspecified atom stereocenters. The van der Waals surface area contributed by atoms with Crippen molar-refractivity contribution in [3.8, 4) is 0 Å². The Morgan fingerprint density at radius 3 is 1.61 bits per heavy atom. The number of rotatable bonds is 19. The lowest BCUT2D eigenvalue weighted by Crippen LogP contribution is -2.44. The van der Waals surface area contributed by atoms with Gasteiger partial charge in [-0.3, -0.25) is 0 Å². The summed E-state index contributed by atoms with van der Waals surface area (Å²) in [5.41, 5.74) is 0.277. The highest BCUT2D eigenvalue weighted by molar-refractivity contribution is 8.93. The van der Waals surface area contributed by atoms with Crippen LogP contribution in [0.5, 0.6) is 0 Å². The van der Waals surface area contributed by atoms with Crippen LogP contribution in [0.25, 0.3) is 0 Å². The number of halogens is 1. The summed E-state index contributed by atoms with van der Waals surface area (Å²) in [5.74, 6) is -0.304. The summed E-state index contributed by atoms with van der Waals surface area (Å²) in [6, 6.07) is 0. The summed E-state index contributed by atoms with van der Waals surface area (Å²) in [5, 5.41) is 3.49. The molecule has 0 aliphatic heterocycles. The van der Waals surface area contributed by atoms with Crippen LogP contribution in [-0.2, 0) is 9.53 Å². The summed E-state index contributed by atoms with van der Waals surface area (Å²) in [4.78, 5) is 11.5. The molecule has 28 heavy (non-hydrogen) atoms. The summed E-state index contributed by atoms with van der Waals surface area (Å²) >= 11 is 0. The van der Waals surface area contributed by atoms with E-state index in [0.717, 1.165) is 6.54 Å². The van der Waals surface area contributed by atoms with Gasteiger partial charge in [-0.1, -0.05) is 97.0 Å². The van der Waals surface area contributed by atoms with Crippen molar-refractivity contribution in [1.82, 2.24) is 5.32 Å². The zero-order chi connectivity index (χ0) is 20.4. The SMILES string of the molecule is Br.C=C(C)C(=O)OCC(C)(C)NCCCCCCCCCCCCCCCC. The van der Waals surface area contributed by atoms with Crippen LogP contribution in [0.3, 0.4) is 0 Å². The van der Waals surface area contributed by atoms with Gasteiger partial charge in [-0.15, -0.1) is 17.0 Å². The Labute approximate surface area is 186 Å². The molecule has 0 radical (unpaired) electrons. The maximum atomic E-state index is 11.5. The van der Waals surface area contributed by atoms with Crippen LogP contribution in [0.1, 0.15) is 118 Å². The first-order valence-corrected chi connectivity index (χ1v) is 11.5. The van der Waals surface area contributed by atoms with E-state index in [0.29, 0.717) is 12.2 Å². The van der Waals surface area contributed by atoms with Gasteiger partial charge in [0.25, 0.3) is 0 Å². The van der Waals surface area contributed by atoms with Crippen molar-refractivity contribution in [1.29, 1.82) is 0 Å². The Kier molecular flexibility index (Phi) is 21.3. The van der Waals surface area contributed by atoms with E-state index >= 15 is 0 Å². The number of carbonyl (C=O) groups excluding carboxylic acids is 1. The van der Waals surface area contributed by atoms with E-state index in [9.17, 15) is 4.79 Å². The highest BCUT2D eigenvalue weighted by Crippen LogP contribution is 2.13. The van der Waals surface area contributed by atoms with E-state index in [1.807, 2.05) is 0 Å². The normalized spacial score (nSPS) is 11.1. The lowest BCUT2D eigenvalue weighted by atomic mass is 10.0. The van der Waals surface area contributed by atoms with Gasteiger partial charge in [-0.2, -0.15) is 0 Å². The Bertz CT molecular complexity index is 383. The van der Waals surface area contributed by atoms with E-state index in [2.05, 4.69) is 32.7 Å². The van der Waals surface area contributed by atoms with Crippen LogP contribution >= 0.6 is 17.0 Å². The number of hydrogen-bond acceptors (Lipinski definition) is 3. The molecule has 0 bridgehead atoms. The van der Waals surface area contributed by atoms with Crippen LogP contribution in [0, 0.1) is 0 Å². The topological polar surface area (TPSA) is 38.3 Å². The zero-order valence-electron chi connectivity index (χ0n) is 19.2. The van der Waals surface area contributed by atoms with Crippen LogP contribution in [-0.4, -0.2) is 24.7 Å². The Balaban J connectivity index is 0. The molecular formula is C24H48BrNO2. The third-order valence-corrected chi connectivity index (χ3v) is 5.05. The fraction of sp³-hybridized carbons (Fsp3) is 0.875. The fourth-order valence-corrected chi connectivity index (χ4v) is 3.17. The molecule has 168 valence electrons. The van der Waals surface area contributed by atoms with Gasteiger partial charge in [0, 0.05) is 11.1 Å². The van der Waals surface area contributed by atoms with Gasteiger partial charge >= 0.3 is 5.97 Å². The molecule has 0 aromatic carbocycles. The number of ether oxygens (including phenoxy) is 1. The van der Waals surface area contributed by atoms with Gasteiger partial charge in [-0.25, -0.2) is 4.79 Å². The molecule has 0 saturated heterocycles. The molecule has 0 aliphatic rings. The number of nitrogens with one attached hydrogen (secondary N) is 1. The summed E-state index contributed by atoms with van der Waals surface area (Å²) < 4.78 is 5.24. The highest BCUT2D eigenvalue weighted by Gasteiger charge is 2.19. The van der Waals surface area contributed by atoms with Crippen molar-refractivity contribution in [2.75, 3.05) is 13.2 Å². The average molecular weight is 463 g/mol. The number of unbranched alkanes of at least 4 members (excludes halogenated alkanes) is 13. The van der Waals surface area contributed by atoms with Crippen molar-refractivity contribution in [3.63, 3.8) is 0 Å². The van der Waals surface area contributed by atoms with Crippen molar-refractivity contribution >= 4 is 23.0 Å². The van der Waals surface area contributed by atoms with Gasteiger partial charge in [0.05, 0.1) is 0 Å². The molecule has 0 atom stereocenters. The number of hydrogen-bond donors (Lipinski definition) is 1. The number of esters is 1. The molecule has 0 aliphatic carbocycles. The van der Waals surface area contributed by atoms with Crippen LogP contribution < -0.4 is 5.32 Å². The molecule has 0 aromatic rings. The predicted molar refractivity (Wildman–Crippen MR) is 128 cm³/mol. The molecule has 0 amide bonds. The van der Waals surface area contributed by atoms with E-state index in [1.165, 1.54) is 89.9 Å². The maximum Gasteiger partial charge on any atom is 0.333 e. The van der Waals surface area contributed by atoms with Crippen molar-refractivity contribution in [2.24, 2.45) is 0 Å². The molecule has 0 saturated carbocycles. The van der Waals surface area contributed by atoms with Gasteiger partial charge in [-0.05, 0) is 33.7 Å². The zero-order valence-corrected chi connectivity index (χ0v) is 21.0. The molecular weight excluding hydrogens is 414 g/mol. The van der Waals surface area contributed by atoms with Crippen LogP contribution in [0.15, 0.2) is 12.2 Å². The standard InChI is InChI=1S/C24H47NO2.BrH/c1-6-7-8-9-10-11-12-13-14-15-16-17-18-19-20-25-24(4,5)21-27-23(26)22(2)3;/h25H,2,6-21H2,1,3-5H3;1H. The Morgan fingerprint density at radius 2 is 1.21 bits per heavy atom. The second-order valence-electron chi connectivity index (χ2n) is 8.76. The van der Waals surface area contributed by atoms with Crippen molar-refractivity contribution in [3.05, 3.63) is 12.2 Å². The first-order valence-electron chi connectivity index (χ1n) is 11.5. The fourth-order valence-electron chi connectivity index (χ4n) is 3.17. The molecule has 0 rings (SSSR count). The quantitative estimate of drug-likeness (QED) is 0.122. The van der Waals surface area contributed by atoms with Gasteiger partial charge < -0.3 is 10.1 Å². The summed E-state index contributed by atoms with van der Waals surface area (Å²) in [7, 11) is 0. The molecule has 3 nitrogen and oxygen atoms in total. The molecule has 1 N–H and O–H groups in total. The lowest BCUT2D eigenvalue weighted by Gasteiger charge is -2.26. The summed E-state index contributed by atoms with van der Waals surface area (Å²) in [6.45, 7) is 13.1. The first-order chi connectivity index (χ1) is 12.9. The van der Waals surface area contributed by atoms with Gasteiger partial charge in [0.1, 0.15) is 6.61 Å². The van der Waals surface area contributed by atoms with Crippen LogP contribution in [0.4, 0.5) is 0 Å². The average Bonchev–Trinajstić information content (AvgIpc) is 2.62. The minimum Gasteiger partial charge on any atom is -0.460 e. The van der Waals surface area contributed by atoms with Gasteiger partial charge in [0.2, 0.25) is 0 Å². The maximum absolute atomic E-state index is 11.5.